The molecule has 0 aliphatic rings. The van der Waals surface area contributed by atoms with Crippen LogP contribution in [0.4, 0.5) is 5.69 Å². The third-order valence-corrected chi connectivity index (χ3v) is 5.68. The molecule has 0 fully saturated rings. The highest BCUT2D eigenvalue weighted by atomic mass is 35.5. The number of fused-ring (bicyclic) bond motifs is 1. The average molecular weight is 393 g/mol. The van der Waals surface area contributed by atoms with Crippen LogP contribution in [0.2, 0.25) is 5.02 Å². The van der Waals surface area contributed by atoms with Gasteiger partial charge in [0, 0.05) is 11.3 Å². The Balaban J connectivity index is 1.55. The summed E-state index contributed by atoms with van der Waals surface area (Å²) < 4.78 is 1.18. The highest BCUT2D eigenvalue weighted by Gasteiger charge is 2.11. The molecule has 1 heterocycles. The van der Waals surface area contributed by atoms with Crippen LogP contribution in [0.3, 0.4) is 0 Å². The number of hydrogen-bond acceptors (Lipinski definition) is 3. The van der Waals surface area contributed by atoms with Crippen LogP contribution in [0.5, 0.6) is 0 Å². The number of aryl methyl sites for hydroxylation is 2. The van der Waals surface area contributed by atoms with Gasteiger partial charge in [0.2, 0.25) is 0 Å². The molecule has 1 amide bonds. The summed E-state index contributed by atoms with van der Waals surface area (Å²) in [7, 11) is 0. The lowest BCUT2D eigenvalue weighted by atomic mass is 10.1. The third-order valence-electron chi connectivity index (χ3n) is 4.30. The number of hydrogen-bond donors (Lipinski definition) is 1. The highest BCUT2D eigenvalue weighted by Crippen LogP contribution is 2.31. The number of aromatic nitrogens is 1. The molecule has 27 heavy (non-hydrogen) atoms. The Labute approximate surface area is 166 Å². The van der Waals surface area contributed by atoms with E-state index in [0.29, 0.717) is 10.6 Å². The van der Waals surface area contributed by atoms with Gasteiger partial charge in [-0.15, -0.1) is 11.3 Å². The summed E-state index contributed by atoms with van der Waals surface area (Å²) in [6.07, 6.45) is 0. The third kappa shape index (κ3) is 3.72. The van der Waals surface area contributed by atoms with Crippen LogP contribution >= 0.6 is 22.9 Å². The predicted molar refractivity (Wildman–Crippen MR) is 114 cm³/mol. The van der Waals surface area contributed by atoms with E-state index in [9.17, 15) is 4.79 Å². The van der Waals surface area contributed by atoms with Gasteiger partial charge >= 0.3 is 0 Å². The minimum atomic E-state index is -0.219. The molecule has 0 aliphatic heterocycles. The number of benzene rings is 3. The lowest BCUT2D eigenvalue weighted by Gasteiger charge is -2.08. The Morgan fingerprint density at radius 2 is 1.67 bits per heavy atom. The number of nitrogens with one attached hydrogen (secondary N) is 1. The minimum Gasteiger partial charge on any atom is -0.322 e. The van der Waals surface area contributed by atoms with Crippen LogP contribution in [-0.4, -0.2) is 10.9 Å². The molecular formula is C22H17ClN2OS. The van der Waals surface area contributed by atoms with E-state index in [1.807, 2.05) is 43.3 Å². The lowest BCUT2D eigenvalue weighted by Crippen LogP contribution is -2.12. The molecule has 0 saturated carbocycles. The fourth-order valence-electron chi connectivity index (χ4n) is 2.85. The quantitative estimate of drug-likeness (QED) is 0.433. The van der Waals surface area contributed by atoms with Crippen molar-refractivity contribution in [3.8, 4) is 10.6 Å². The standard InChI is InChI=1S/C22H17ClN2OS/c1-13-3-9-17(18(23)11-13)21(26)24-16-7-5-15(6-8-16)22-25-19-10-4-14(2)12-20(19)27-22/h3-12H,1-2H3,(H,24,26). The fourth-order valence-corrected chi connectivity index (χ4v) is 4.24. The molecule has 3 nitrogen and oxygen atoms in total. The maximum atomic E-state index is 12.4. The Morgan fingerprint density at radius 1 is 0.963 bits per heavy atom. The number of nitrogens with zero attached hydrogens (tertiary/aromatic N) is 1. The van der Waals surface area contributed by atoms with E-state index in [2.05, 4.69) is 24.4 Å². The van der Waals surface area contributed by atoms with Crippen molar-refractivity contribution >= 4 is 44.7 Å². The molecule has 1 N–H and O–H groups in total. The Hall–Kier alpha value is -2.69. The van der Waals surface area contributed by atoms with Crippen LogP contribution < -0.4 is 5.32 Å². The maximum Gasteiger partial charge on any atom is 0.257 e. The first-order valence-corrected chi connectivity index (χ1v) is 9.74. The molecule has 1 aromatic heterocycles. The first kappa shape index (κ1) is 17.7. The van der Waals surface area contributed by atoms with Crippen LogP contribution in [0, 0.1) is 13.8 Å². The number of carbonyl (C=O) groups excluding carboxylic acids is 1. The molecule has 4 aromatic rings. The van der Waals surface area contributed by atoms with Crippen molar-refractivity contribution in [2.45, 2.75) is 13.8 Å². The molecule has 0 unspecified atom stereocenters. The Kier molecular flexibility index (Phi) is 4.68. The van der Waals surface area contributed by atoms with E-state index in [4.69, 9.17) is 16.6 Å². The number of carbonyl (C=O) groups is 1. The second kappa shape index (κ2) is 7.14. The molecule has 0 radical (unpaired) electrons. The van der Waals surface area contributed by atoms with E-state index in [-0.39, 0.29) is 5.91 Å². The van der Waals surface area contributed by atoms with Crippen molar-refractivity contribution in [3.63, 3.8) is 0 Å². The average Bonchev–Trinajstić information content (AvgIpc) is 3.05. The zero-order valence-electron chi connectivity index (χ0n) is 14.9. The van der Waals surface area contributed by atoms with Gasteiger partial charge in [-0.3, -0.25) is 4.79 Å². The van der Waals surface area contributed by atoms with Crippen molar-refractivity contribution in [1.29, 1.82) is 0 Å². The van der Waals surface area contributed by atoms with E-state index in [1.165, 1.54) is 10.3 Å². The van der Waals surface area contributed by atoms with Gasteiger partial charge in [-0.25, -0.2) is 4.98 Å². The van der Waals surface area contributed by atoms with Crippen LogP contribution in [0.15, 0.2) is 60.7 Å². The largest absolute Gasteiger partial charge is 0.322 e. The van der Waals surface area contributed by atoms with Crippen LogP contribution in [-0.2, 0) is 0 Å². The number of halogens is 1. The summed E-state index contributed by atoms with van der Waals surface area (Å²) >= 11 is 7.85. The minimum absolute atomic E-state index is 0.219. The summed E-state index contributed by atoms with van der Waals surface area (Å²) in [6.45, 7) is 4.02. The first-order chi connectivity index (χ1) is 13.0. The summed E-state index contributed by atoms with van der Waals surface area (Å²) in [6, 6.07) is 19.4. The second-order valence-electron chi connectivity index (χ2n) is 6.50. The van der Waals surface area contributed by atoms with Crippen molar-refractivity contribution in [2.24, 2.45) is 0 Å². The molecule has 0 atom stereocenters. The normalized spacial score (nSPS) is 10.9. The predicted octanol–water partition coefficient (Wildman–Crippen LogP) is 6.49. The molecule has 3 aromatic carbocycles. The fraction of sp³-hybridized carbons (Fsp3) is 0.0909. The first-order valence-electron chi connectivity index (χ1n) is 8.55. The van der Waals surface area contributed by atoms with E-state index < -0.39 is 0 Å². The smallest absolute Gasteiger partial charge is 0.257 e. The summed E-state index contributed by atoms with van der Waals surface area (Å²) in [5.41, 5.74) is 5.47. The van der Waals surface area contributed by atoms with Gasteiger partial charge in [0.05, 0.1) is 20.8 Å². The number of amides is 1. The van der Waals surface area contributed by atoms with E-state index in [1.54, 1.807) is 23.5 Å². The topological polar surface area (TPSA) is 42.0 Å². The SMILES string of the molecule is Cc1ccc(C(=O)Nc2ccc(-c3nc4ccc(C)cc4s3)cc2)c(Cl)c1. The molecule has 0 spiro atoms. The van der Waals surface area contributed by atoms with Crippen molar-refractivity contribution < 1.29 is 4.79 Å². The van der Waals surface area contributed by atoms with Crippen LogP contribution in [0.1, 0.15) is 21.5 Å². The maximum absolute atomic E-state index is 12.4. The van der Waals surface area contributed by atoms with Crippen molar-refractivity contribution in [3.05, 3.63) is 82.4 Å². The Morgan fingerprint density at radius 3 is 2.41 bits per heavy atom. The van der Waals surface area contributed by atoms with Gasteiger partial charge < -0.3 is 5.32 Å². The lowest BCUT2D eigenvalue weighted by molar-refractivity contribution is 0.102. The monoisotopic (exact) mass is 392 g/mol. The summed E-state index contributed by atoms with van der Waals surface area (Å²) in [4.78, 5) is 17.1. The number of thiazole rings is 1. The summed E-state index contributed by atoms with van der Waals surface area (Å²) in [5.74, 6) is -0.219. The van der Waals surface area contributed by atoms with Gasteiger partial charge in [-0.2, -0.15) is 0 Å². The van der Waals surface area contributed by atoms with Crippen LogP contribution in [0.25, 0.3) is 20.8 Å². The van der Waals surface area contributed by atoms with Gasteiger partial charge in [0.25, 0.3) is 5.91 Å². The molecule has 134 valence electrons. The molecule has 0 bridgehead atoms. The summed E-state index contributed by atoms with van der Waals surface area (Å²) in [5, 5.41) is 4.31. The zero-order valence-corrected chi connectivity index (χ0v) is 16.5. The van der Waals surface area contributed by atoms with Gasteiger partial charge in [0.15, 0.2) is 0 Å². The zero-order chi connectivity index (χ0) is 19.0. The van der Waals surface area contributed by atoms with Crippen molar-refractivity contribution in [1.82, 2.24) is 4.98 Å². The molecule has 0 aliphatic carbocycles. The number of rotatable bonds is 3. The van der Waals surface area contributed by atoms with Gasteiger partial charge in [0.1, 0.15) is 5.01 Å². The highest BCUT2D eigenvalue weighted by molar-refractivity contribution is 7.21. The molecule has 5 heteroatoms. The van der Waals surface area contributed by atoms with Gasteiger partial charge in [-0.1, -0.05) is 23.7 Å². The second-order valence-corrected chi connectivity index (χ2v) is 7.94. The Bertz CT molecular complexity index is 1150. The molecular weight excluding hydrogens is 376 g/mol. The number of anilines is 1. The van der Waals surface area contributed by atoms with Crippen molar-refractivity contribution in [2.75, 3.05) is 5.32 Å². The van der Waals surface area contributed by atoms with E-state index in [0.717, 1.165) is 27.3 Å². The van der Waals surface area contributed by atoms with Gasteiger partial charge in [-0.05, 0) is 73.5 Å². The van der Waals surface area contributed by atoms with E-state index >= 15 is 0 Å². The molecule has 4 rings (SSSR count). The molecule has 0 saturated heterocycles.